The predicted molar refractivity (Wildman–Crippen MR) is 76.1 cm³/mol. The monoisotopic (exact) mass is 243 g/mol. The van der Waals surface area contributed by atoms with E-state index in [9.17, 15) is 4.79 Å². The molecular weight excluding hydrogens is 222 g/mol. The van der Waals surface area contributed by atoms with Gasteiger partial charge in [0.05, 0.1) is 0 Å². The second-order valence-electron chi connectivity index (χ2n) is 6.12. The molecule has 2 rings (SSSR count). The van der Waals surface area contributed by atoms with E-state index in [1.54, 1.807) is 6.92 Å². The number of benzene rings is 1. The zero-order valence-electron chi connectivity index (χ0n) is 11.8. The van der Waals surface area contributed by atoms with Crippen LogP contribution in [0.1, 0.15) is 44.5 Å². The molecule has 1 aromatic carbocycles. The SMILES string of the molecule is CC(=O)Cc1c(C)[nH]c2ccc(C(C)(C)C)cc12. The molecule has 96 valence electrons. The Morgan fingerprint density at radius 2 is 1.94 bits per heavy atom. The van der Waals surface area contributed by atoms with E-state index in [1.165, 1.54) is 10.9 Å². The van der Waals surface area contributed by atoms with Gasteiger partial charge in [0.25, 0.3) is 0 Å². The molecule has 0 radical (unpaired) electrons. The van der Waals surface area contributed by atoms with Crippen molar-refractivity contribution in [1.29, 1.82) is 0 Å². The first kappa shape index (κ1) is 12.9. The van der Waals surface area contributed by atoms with E-state index in [-0.39, 0.29) is 11.2 Å². The zero-order chi connectivity index (χ0) is 13.5. The van der Waals surface area contributed by atoms with Crippen molar-refractivity contribution in [3.63, 3.8) is 0 Å². The van der Waals surface area contributed by atoms with Crippen LogP contribution in [0.2, 0.25) is 0 Å². The molecule has 2 nitrogen and oxygen atoms in total. The summed E-state index contributed by atoms with van der Waals surface area (Å²) in [5.41, 5.74) is 4.80. The van der Waals surface area contributed by atoms with Crippen molar-refractivity contribution in [2.24, 2.45) is 0 Å². The number of ketones is 1. The molecule has 0 unspecified atom stereocenters. The highest BCUT2D eigenvalue weighted by molar-refractivity contribution is 5.90. The Balaban J connectivity index is 2.63. The molecule has 2 aromatic rings. The molecule has 0 bridgehead atoms. The number of nitrogens with one attached hydrogen (secondary N) is 1. The Kier molecular flexibility index (Phi) is 3.05. The number of hydrogen-bond donors (Lipinski definition) is 1. The zero-order valence-corrected chi connectivity index (χ0v) is 11.8. The van der Waals surface area contributed by atoms with E-state index in [0.717, 1.165) is 16.8 Å². The first-order valence-electron chi connectivity index (χ1n) is 6.40. The maximum atomic E-state index is 11.4. The number of carbonyl (C=O) groups excluding carboxylic acids is 1. The van der Waals surface area contributed by atoms with Gasteiger partial charge in [0.15, 0.2) is 0 Å². The topological polar surface area (TPSA) is 32.9 Å². The van der Waals surface area contributed by atoms with Gasteiger partial charge in [-0.05, 0) is 42.5 Å². The van der Waals surface area contributed by atoms with Gasteiger partial charge in [-0.2, -0.15) is 0 Å². The molecule has 1 aromatic heterocycles. The van der Waals surface area contributed by atoms with Crippen LogP contribution in [0.4, 0.5) is 0 Å². The third kappa shape index (κ3) is 2.33. The summed E-state index contributed by atoms with van der Waals surface area (Å²) in [5.74, 6) is 0.208. The standard InChI is InChI=1S/C16H21NO/c1-10(18)8-13-11(2)17-15-7-6-12(9-14(13)15)16(3,4)5/h6-7,9,17H,8H2,1-5H3. The number of hydrogen-bond acceptors (Lipinski definition) is 1. The van der Waals surface area contributed by atoms with Crippen LogP contribution in [0.25, 0.3) is 10.9 Å². The number of H-pyrrole nitrogens is 1. The summed E-state index contributed by atoms with van der Waals surface area (Å²) in [5, 5.41) is 1.19. The molecular formula is C16H21NO. The summed E-state index contributed by atoms with van der Waals surface area (Å²) in [4.78, 5) is 14.7. The minimum Gasteiger partial charge on any atom is -0.358 e. The normalized spacial score (nSPS) is 12.1. The first-order chi connectivity index (χ1) is 8.29. The predicted octanol–water partition coefficient (Wildman–Crippen LogP) is 3.91. The summed E-state index contributed by atoms with van der Waals surface area (Å²) in [6.07, 6.45) is 0.513. The highest BCUT2D eigenvalue weighted by Crippen LogP contribution is 2.29. The van der Waals surface area contributed by atoms with Gasteiger partial charge in [-0.3, -0.25) is 4.79 Å². The molecule has 0 fully saturated rings. The highest BCUT2D eigenvalue weighted by atomic mass is 16.1. The van der Waals surface area contributed by atoms with Crippen molar-refractivity contribution in [1.82, 2.24) is 4.98 Å². The molecule has 18 heavy (non-hydrogen) atoms. The van der Waals surface area contributed by atoms with Crippen molar-refractivity contribution in [3.05, 3.63) is 35.0 Å². The van der Waals surface area contributed by atoms with Crippen LogP contribution in [0.3, 0.4) is 0 Å². The van der Waals surface area contributed by atoms with Gasteiger partial charge in [0.2, 0.25) is 0 Å². The minimum atomic E-state index is 0.132. The maximum absolute atomic E-state index is 11.4. The number of fused-ring (bicyclic) bond motifs is 1. The molecule has 1 N–H and O–H groups in total. The van der Waals surface area contributed by atoms with Crippen molar-refractivity contribution >= 4 is 16.7 Å². The first-order valence-corrected chi connectivity index (χ1v) is 6.40. The lowest BCUT2D eigenvalue weighted by Crippen LogP contribution is -2.10. The number of rotatable bonds is 2. The maximum Gasteiger partial charge on any atom is 0.134 e. The number of Topliss-reactive ketones (excluding diaryl/α,β-unsaturated/α-hetero) is 1. The minimum absolute atomic E-state index is 0.132. The van der Waals surface area contributed by atoms with E-state index in [2.05, 4.69) is 44.0 Å². The van der Waals surface area contributed by atoms with Crippen LogP contribution >= 0.6 is 0 Å². The van der Waals surface area contributed by atoms with Crippen LogP contribution in [-0.2, 0) is 16.6 Å². The molecule has 0 atom stereocenters. The fourth-order valence-corrected chi connectivity index (χ4v) is 2.33. The number of aromatic amines is 1. The molecule has 0 spiro atoms. The average Bonchev–Trinajstić information content (AvgIpc) is 2.53. The Labute approximate surface area is 108 Å². The van der Waals surface area contributed by atoms with Crippen LogP contribution in [-0.4, -0.2) is 10.8 Å². The van der Waals surface area contributed by atoms with Crippen LogP contribution in [0.5, 0.6) is 0 Å². The third-order valence-corrected chi connectivity index (χ3v) is 3.41. The van der Waals surface area contributed by atoms with Crippen molar-refractivity contribution < 1.29 is 4.79 Å². The van der Waals surface area contributed by atoms with E-state index in [4.69, 9.17) is 0 Å². The van der Waals surface area contributed by atoms with Crippen molar-refractivity contribution in [2.75, 3.05) is 0 Å². The number of aryl methyl sites for hydroxylation is 1. The molecule has 0 aliphatic rings. The summed E-state index contributed by atoms with van der Waals surface area (Å²) in [7, 11) is 0. The molecule has 0 saturated carbocycles. The lowest BCUT2D eigenvalue weighted by molar-refractivity contribution is -0.116. The van der Waals surface area contributed by atoms with Gasteiger partial charge in [0.1, 0.15) is 5.78 Å². The van der Waals surface area contributed by atoms with Gasteiger partial charge in [0, 0.05) is 23.0 Å². The smallest absolute Gasteiger partial charge is 0.134 e. The van der Waals surface area contributed by atoms with E-state index in [1.807, 2.05) is 6.92 Å². The lowest BCUT2D eigenvalue weighted by Gasteiger charge is -2.19. The molecule has 0 aliphatic heterocycles. The summed E-state index contributed by atoms with van der Waals surface area (Å²) < 4.78 is 0. The summed E-state index contributed by atoms with van der Waals surface area (Å²) in [6, 6.07) is 6.50. The van der Waals surface area contributed by atoms with E-state index in [0.29, 0.717) is 6.42 Å². The van der Waals surface area contributed by atoms with Gasteiger partial charge in [-0.15, -0.1) is 0 Å². The fraction of sp³-hybridized carbons (Fsp3) is 0.438. The number of carbonyl (C=O) groups is 1. The summed E-state index contributed by atoms with van der Waals surface area (Å²) >= 11 is 0. The largest absolute Gasteiger partial charge is 0.358 e. The van der Waals surface area contributed by atoms with Crippen molar-refractivity contribution in [2.45, 2.75) is 46.5 Å². The molecule has 0 saturated heterocycles. The van der Waals surface area contributed by atoms with E-state index >= 15 is 0 Å². The quantitative estimate of drug-likeness (QED) is 0.852. The van der Waals surface area contributed by atoms with Crippen LogP contribution < -0.4 is 0 Å². The lowest BCUT2D eigenvalue weighted by atomic mass is 9.86. The van der Waals surface area contributed by atoms with Crippen LogP contribution in [0.15, 0.2) is 18.2 Å². The second-order valence-corrected chi connectivity index (χ2v) is 6.12. The van der Waals surface area contributed by atoms with Gasteiger partial charge < -0.3 is 4.98 Å². The Bertz CT molecular complexity index is 599. The Morgan fingerprint density at radius 3 is 2.50 bits per heavy atom. The van der Waals surface area contributed by atoms with Gasteiger partial charge in [-0.1, -0.05) is 26.8 Å². The van der Waals surface area contributed by atoms with Crippen LogP contribution in [0, 0.1) is 6.92 Å². The third-order valence-electron chi connectivity index (χ3n) is 3.41. The molecule has 0 aliphatic carbocycles. The number of aromatic nitrogens is 1. The molecule has 0 amide bonds. The summed E-state index contributed by atoms with van der Waals surface area (Å²) in [6.45, 7) is 10.3. The fourth-order valence-electron chi connectivity index (χ4n) is 2.33. The average molecular weight is 243 g/mol. The molecule has 1 heterocycles. The van der Waals surface area contributed by atoms with E-state index < -0.39 is 0 Å². The second kappa shape index (κ2) is 4.27. The van der Waals surface area contributed by atoms with Gasteiger partial charge >= 0.3 is 0 Å². The Hall–Kier alpha value is -1.57. The van der Waals surface area contributed by atoms with Gasteiger partial charge in [-0.25, -0.2) is 0 Å². The Morgan fingerprint density at radius 1 is 1.28 bits per heavy atom. The highest BCUT2D eigenvalue weighted by Gasteiger charge is 2.16. The molecule has 2 heteroatoms. The van der Waals surface area contributed by atoms with Crippen molar-refractivity contribution in [3.8, 4) is 0 Å².